The Hall–Kier alpha value is -0.290. The average Bonchev–Trinajstić information content (AvgIpc) is 2.40. The quantitative estimate of drug-likeness (QED) is 0.789. The summed E-state index contributed by atoms with van der Waals surface area (Å²) in [5.41, 5.74) is 0. The minimum absolute atomic E-state index is 0.0409. The van der Waals surface area contributed by atoms with Gasteiger partial charge in [-0.25, -0.2) is 0 Å². The Bertz CT molecular complexity index is 174. The average molecular weight is 224 g/mol. The molecule has 0 aromatic heterocycles. The van der Waals surface area contributed by atoms with Crippen LogP contribution in [-0.4, -0.2) is 43.3 Å². The molecule has 2 nitrogen and oxygen atoms in total. The minimum Gasteiger partial charge on any atom is -0.315 e. The number of hydrogen-bond donors (Lipinski definition) is 1. The van der Waals surface area contributed by atoms with Gasteiger partial charge in [-0.1, -0.05) is 13.3 Å². The van der Waals surface area contributed by atoms with E-state index in [4.69, 9.17) is 0 Å². The molecule has 0 saturated carbocycles. The Balaban J connectivity index is 2.48. The van der Waals surface area contributed by atoms with Crippen molar-refractivity contribution in [1.82, 2.24) is 10.2 Å². The number of halogens is 3. The van der Waals surface area contributed by atoms with Crippen LogP contribution in [0.25, 0.3) is 0 Å². The maximum Gasteiger partial charge on any atom is 0.401 e. The third kappa shape index (κ3) is 4.84. The van der Waals surface area contributed by atoms with Crippen LogP contribution in [0.15, 0.2) is 0 Å². The topological polar surface area (TPSA) is 15.3 Å². The molecular formula is C10H19F3N2. The normalized spacial score (nSPS) is 24.2. The highest BCUT2D eigenvalue weighted by molar-refractivity contribution is 4.78. The molecule has 1 saturated heterocycles. The Morgan fingerprint density at radius 1 is 1.33 bits per heavy atom. The van der Waals surface area contributed by atoms with Crippen molar-refractivity contribution in [2.75, 3.05) is 26.2 Å². The van der Waals surface area contributed by atoms with Crippen LogP contribution in [0.5, 0.6) is 0 Å². The second-order valence-corrected chi connectivity index (χ2v) is 4.03. The van der Waals surface area contributed by atoms with Gasteiger partial charge in [0.2, 0.25) is 0 Å². The Morgan fingerprint density at radius 2 is 2.07 bits per heavy atom. The van der Waals surface area contributed by atoms with Crippen LogP contribution in [0.1, 0.15) is 26.2 Å². The molecule has 1 N–H and O–H groups in total. The molecule has 0 aromatic rings. The first kappa shape index (κ1) is 12.8. The molecule has 15 heavy (non-hydrogen) atoms. The Labute approximate surface area is 88.8 Å². The van der Waals surface area contributed by atoms with E-state index >= 15 is 0 Å². The molecule has 1 unspecified atom stereocenters. The molecule has 5 heteroatoms. The molecule has 1 atom stereocenters. The fraction of sp³-hybridized carbons (Fsp3) is 1.00. The van der Waals surface area contributed by atoms with E-state index in [1.165, 1.54) is 4.90 Å². The maximum absolute atomic E-state index is 12.3. The summed E-state index contributed by atoms with van der Waals surface area (Å²) >= 11 is 0. The number of alkyl halides is 3. The fourth-order valence-corrected chi connectivity index (χ4v) is 2.04. The SMILES string of the molecule is CCN(CC(F)(F)F)C1CCCCNC1. The molecule has 0 amide bonds. The molecular weight excluding hydrogens is 205 g/mol. The lowest BCUT2D eigenvalue weighted by molar-refractivity contribution is -0.150. The van der Waals surface area contributed by atoms with Gasteiger partial charge in [-0.3, -0.25) is 4.90 Å². The second kappa shape index (κ2) is 5.70. The number of nitrogens with one attached hydrogen (secondary N) is 1. The highest BCUT2D eigenvalue weighted by Gasteiger charge is 2.33. The lowest BCUT2D eigenvalue weighted by atomic mass is 10.1. The molecule has 1 rings (SSSR count). The predicted octanol–water partition coefficient (Wildman–Crippen LogP) is 2.01. The molecule has 1 fully saturated rings. The van der Waals surface area contributed by atoms with Crippen molar-refractivity contribution in [3.8, 4) is 0 Å². The first-order valence-electron chi connectivity index (χ1n) is 5.54. The van der Waals surface area contributed by atoms with Crippen molar-refractivity contribution in [2.45, 2.75) is 38.4 Å². The molecule has 0 aromatic carbocycles. The van der Waals surface area contributed by atoms with Gasteiger partial charge in [-0.15, -0.1) is 0 Å². The van der Waals surface area contributed by atoms with Crippen molar-refractivity contribution < 1.29 is 13.2 Å². The summed E-state index contributed by atoms with van der Waals surface area (Å²) in [4.78, 5) is 1.53. The summed E-state index contributed by atoms with van der Waals surface area (Å²) in [6.45, 7) is 3.09. The first-order chi connectivity index (χ1) is 7.03. The van der Waals surface area contributed by atoms with Gasteiger partial charge in [0.25, 0.3) is 0 Å². The minimum atomic E-state index is -4.08. The van der Waals surface area contributed by atoms with Crippen molar-refractivity contribution in [3.63, 3.8) is 0 Å². The van der Waals surface area contributed by atoms with Gasteiger partial charge in [0.05, 0.1) is 6.54 Å². The summed E-state index contributed by atoms with van der Waals surface area (Å²) < 4.78 is 36.9. The van der Waals surface area contributed by atoms with Crippen LogP contribution in [0.3, 0.4) is 0 Å². The van der Waals surface area contributed by atoms with Crippen LogP contribution in [-0.2, 0) is 0 Å². The van der Waals surface area contributed by atoms with E-state index < -0.39 is 12.7 Å². The van der Waals surface area contributed by atoms with Gasteiger partial charge in [0.1, 0.15) is 0 Å². The van der Waals surface area contributed by atoms with Crippen LogP contribution >= 0.6 is 0 Å². The Kier molecular flexibility index (Phi) is 4.86. The number of nitrogens with zero attached hydrogens (tertiary/aromatic N) is 1. The van der Waals surface area contributed by atoms with Gasteiger partial charge >= 0.3 is 6.18 Å². The van der Waals surface area contributed by atoms with Crippen molar-refractivity contribution in [1.29, 1.82) is 0 Å². The van der Waals surface area contributed by atoms with Crippen LogP contribution in [0, 0.1) is 0 Å². The van der Waals surface area contributed by atoms with Gasteiger partial charge < -0.3 is 5.32 Å². The number of rotatable bonds is 3. The summed E-state index contributed by atoms with van der Waals surface area (Å²) in [6, 6.07) is 0.0409. The van der Waals surface area contributed by atoms with Gasteiger partial charge in [0.15, 0.2) is 0 Å². The van der Waals surface area contributed by atoms with E-state index in [0.29, 0.717) is 13.1 Å². The van der Waals surface area contributed by atoms with Crippen molar-refractivity contribution in [2.24, 2.45) is 0 Å². The maximum atomic E-state index is 12.3. The Morgan fingerprint density at radius 3 is 2.67 bits per heavy atom. The second-order valence-electron chi connectivity index (χ2n) is 4.03. The van der Waals surface area contributed by atoms with Crippen LogP contribution < -0.4 is 5.32 Å². The highest BCUT2D eigenvalue weighted by atomic mass is 19.4. The summed E-state index contributed by atoms with van der Waals surface area (Å²) in [5, 5.41) is 3.19. The lowest BCUT2D eigenvalue weighted by Gasteiger charge is -2.30. The van der Waals surface area contributed by atoms with Gasteiger partial charge in [-0.2, -0.15) is 13.2 Å². The largest absolute Gasteiger partial charge is 0.401 e. The van der Waals surface area contributed by atoms with Gasteiger partial charge in [0, 0.05) is 12.6 Å². The lowest BCUT2D eigenvalue weighted by Crippen LogP contribution is -2.45. The molecule has 0 bridgehead atoms. The van der Waals surface area contributed by atoms with Crippen LogP contribution in [0.4, 0.5) is 13.2 Å². The highest BCUT2D eigenvalue weighted by Crippen LogP contribution is 2.20. The van der Waals surface area contributed by atoms with E-state index in [1.54, 1.807) is 6.92 Å². The zero-order valence-electron chi connectivity index (χ0n) is 9.11. The van der Waals surface area contributed by atoms with Crippen molar-refractivity contribution in [3.05, 3.63) is 0 Å². The molecule has 0 spiro atoms. The zero-order valence-corrected chi connectivity index (χ0v) is 9.11. The monoisotopic (exact) mass is 224 g/mol. The summed E-state index contributed by atoms with van der Waals surface area (Å²) in [6.07, 6.45) is -1.12. The molecule has 1 heterocycles. The fourth-order valence-electron chi connectivity index (χ4n) is 2.04. The van der Waals surface area contributed by atoms with E-state index in [-0.39, 0.29) is 6.04 Å². The third-order valence-electron chi connectivity index (χ3n) is 2.83. The molecule has 1 aliphatic rings. The molecule has 90 valence electrons. The number of hydrogen-bond acceptors (Lipinski definition) is 2. The molecule has 0 radical (unpaired) electrons. The van der Waals surface area contributed by atoms with Crippen molar-refractivity contribution >= 4 is 0 Å². The first-order valence-corrected chi connectivity index (χ1v) is 5.54. The smallest absolute Gasteiger partial charge is 0.315 e. The molecule has 1 aliphatic heterocycles. The van der Waals surface area contributed by atoms with E-state index in [1.807, 2.05) is 0 Å². The third-order valence-corrected chi connectivity index (χ3v) is 2.83. The summed E-state index contributed by atoms with van der Waals surface area (Å²) in [5.74, 6) is 0. The number of likely N-dealkylation sites (N-methyl/N-ethyl adjacent to an activating group) is 1. The van der Waals surface area contributed by atoms with Crippen LogP contribution in [0.2, 0.25) is 0 Å². The van der Waals surface area contributed by atoms with Gasteiger partial charge in [-0.05, 0) is 25.9 Å². The molecule has 0 aliphatic carbocycles. The standard InChI is InChI=1S/C10H19F3N2/c1-2-15(8-10(11,12)13)9-5-3-4-6-14-7-9/h9,14H,2-8H2,1H3. The van der Waals surface area contributed by atoms with E-state index in [0.717, 1.165) is 25.8 Å². The zero-order chi connectivity index (χ0) is 11.3. The van der Waals surface area contributed by atoms with E-state index in [9.17, 15) is 13.2 Å². The summed E-state index contributed by atoms with van der Waals surface area (Å²) in [7, 11) is 0. The predicted molar refractivity (Wildman–Crippen MR) is 53.8 cm³/mol. The van der Waals surface area contributed by atoms with E-state index in [2.05, 4.69) is 5.32 Å².